The summed E-state index contributed by atoms with van der Waals surface area (Å²) >= 11 is 0. The summed E-state index contributed by atoms with van der Waals surface area (Å²) < 4.78 is 38.9. The predicted molar refractivity (Wildman–Crippen MR) is 71.7 cm³/mol. The maximum absolute atomic E-state index is 13.0. The molecule has 0 aliphatic heterocycles. The molecule has 0 aromatic carbocycles. The highest BCUT2D eigenvalue weighted by Crippen LogP contribution is 2.49. The van der Waals surface area contributed by atoms with Crippen LogP contribution in [0.15, 0.2) is 23.8 Å². The van der Waals surface area contributed by atoms with Crippen LogP contribution in [0.3, 0.4) is 0 Å². The first-order valence-corrected chi connectivity index (χ1v) is 7.15. The average Bonchev–Trinajstić information content (AvgIpc) is 2.32. The van der Waals surface area contributed by atoms with E-state index in [1.165, 1.54) is 18.6 Å². The van der Waals surface area contributed by atoms with E-state index in [0.29, 0.717) is 24.2 Å². The highest BCUT2D eigenvalue weighted by molar-refractivity contribution is 5.13. The van der Waals surface area contributed by atoms with Crippen molar-refractivity contribution in [2.24, 2.45) is 23.2 Å². The highest BCUT2D eigenvalue weighted by atomic mass is 19.4. The van der Waals surface area contributed by atoms with Crippen molar-refractivity contribution in [1.82, 2.24) is 0 Å². The van der Waals surface area contributed by atoms with E-state index in [0.717, 1.165) is 12.8 Å². The summed E-state index contributed by atoms with van der Waals surface area (Å²) in [6.07, 6.45) is 4.41. The molecule has 0 N–H and O–H groups in total. The molecule has 0 aromatic rings. The van der Waals surface area contributed by atoms with Crippen LogP contribution in [0.4, 0.5) is 13.2 Å². The number of alkyl halides is 3. The Bertz CT molecular complexity index is 391. The largest absolute Gasteiger partial charge is 0.397 e. The lowest BCUT2D eigenvalue weighted by atomic mass is 9.67. The lowest BCUT2D eigenvalue weighted by Crippen LogP contribution is -2.37. The van der Waals surface area contributed by atoms with Gasteiger partial charge in [-0.2, -0.15) is 13.2 Å². The Morgan fingerprint density at radius 3 is 2.53 bits per heavy atom. The summed E-state index contributed by atoms with van der Waals surface area (Å²) in [6.45, 7) is 5.67. The molecular weight excluding hydrogens is 249 g/mol. The van der Waals surface area contributed by atoms with Crippen molar-refractivity contribution >= 4 is 0 Å². The summed E-state index contributed by atoms with van der Waals surface area (Å²) in [5, 5.41) is 0. The van der Waals surface area contributed by atoms with Crippen LogP contribution in [0.25, 0.3) is 0 Å². The standard InChI is InChI=1S/C16H23F3/c1-11-4-5-12(2)14(10-11)13-6-8-15(3,9-7-13)16(17,18)19/h4,6,8,12-14H,5,7,9-10H2,1-3H3. The first-order valence-electron chi connectivity index (χ1n) is 7.15. The normalized spacial score (nSPS) is 40.1. The molecule has 3 heteroatoms. The molecule has 0 aromatic heterocycles. The predicted octanol–water partition coefficient (Wildman–Crippen LogP) is 5.51. The van der Waals surface area contributed by atoms with Crippen molar-refractivity contribution in [2.45, 2.75) is 52.6 Å². The van der Waals surface area contributed by atoms with E-state index in [1.54, 1.807) is 0 Å². The van der Waals surface area contributed by atoms with Crippen molar-refractivity contribution in [3.63, 3.8) is 0 Å². The Hall–Kier alpha value is -0.730. The lowest BCUT2D eigenvalue weighted by Gasteiger charge is -2.39. The SMILES string of the molecule is CC1=CCC(C)C(C2C=CC(C)(C(F)(F)F)CC2)C1. The van der Waals surface area contributed by atoms with E-state index in [-0.39, 0.29) is 6.42 Å². The summed E-state index contributed by atoms with van der Waals surface area (Å²) in [4.78, 5) is 0. The van der Waals surface area contributed by atoms with Crippen LogP contribution >= 0.6 is 0 Å². The van der Waals surface area contributed by atoms with Crippen molar-refractivity contribution in [3.05, 3.63) is 23.8 Å². The van der Waals surface area contributed by atoms with Crippen LogP contribution in [0.1, 0.15) is 46.5 Å². The molecule has 2 aliphatic carbocycles. The fourth-order valence-corrected chi connectivity index (χ4v) is 3.37. The molecule has 0 amide bonds. The number of allylic oxidation sites excluding steroid dienone is 4. The molecule has 0 radical (unpaired) electrons. The molecule has 108 valence electrons. The van der Waals surface area contributed by atoms with Gasteiger partial charge in [0.2, 0.25) is 0 Å². The van der Waals surface area contributed by atoms with Gasteiger partial charge in [0.15, 0.2) is 0 Å². The molecule has 0 heterocycles. The number of hydrogen-bond acceptors (Lipinski definition) is 0. The fourth-order valence-electron chi connectivity index (χ4n) is 3.37. The Kier molecular flexibility index (Phi) is 3.85. The molecule has 4 atom stereocenters. The summed E-state index contributed by atoms with van der Waals surface area (Å²) in [5.74, 6) is 1.40. The van der Waals surface area contributed by atoms with Crippen LogP contribution in [0.2, 0.25) is 0 Å². The van der Waals surface area contributed by atoms with Gasteiger partial charge >= 0.3 is 6.18 Å². The Labute approximate surface area is 113 Å². The topological polar surface area (TPSA) is 0 Å². The Morgan fingerprint density at radius 2 is 2.00 bits per heavy atom. The molecule has 0 saturated carbocycles. The number of hydrogen-bond donors (Lipinski definition) is 0. The van der Waals surface area contributed by atoms with E-state index in [1.807, 2.05) is 6.08 Å². The maximum Gasteiger partial charge on any atom is 0.397 e. The van der Waals surface area contributed by atoms with E-state index in [4.69, 9.17) is 0 Å². The molecule has 0 spiro atoms. The molecule has 19 heavy (non-hydrogen) atoms. The minimum Gasteiger partial charge on any atom is -0.170 e. The van der Waals surface area contributed by atoms with Crippen LogP contribution in [-0.2, 0) is 0 Å². The molecular formula is C16H23F3. The molecule has 0 fully saturated rings. The summed E-state index contributed by atoms with van der Waals surface area (Å²) in [7, 11) is 0. The van der Waals surface area contributed by atoms with Crippen LogP contribution in [0, 0.1) is 23.2 Å². The van der Waals surface area contributed by atoms with Gasteiger partial charge in [-0.05, 0) is 57.3 Å². The fraction of sp³-hybridized carbons (Fsp3) is 0.750. The van der Waals surface area contributed by atoms with Gasteiger partial charge in [0.1, 0.15) is 0 Å². The number of halogens is 3. The van der Waals surface area contributed by atoms with E-state index in [2.05, 4.69) is 19.9 Å². The Morgan fingerprint density at radius 1 is 1.32 bits per heavy atom. The van der Waals surface area contributed by atoms with Crippen LogP contribution in [-0.4, -0.2) is 6.18 Å². The third-order valence-electron chi connectivity index (χ3n) is 5.03. The Balaban J connectivity index is 2.10. The summed E-state index contributed by atoms with van der Waals surface area (Å²) in [6, 6.07) is 0. The molecule has 2 rings (SSSR count). The zero-order chi connectivity index (χ0) is 14.3. The molecule has 0 saturated heterocycles. The van der Waals surface area contributed by atoms with E-state index >= 15 is 0 Å². The molecule has 2 aliphatic rings. The smallest absolute Gasteiger partial charge is 0.170 e. The van der Waals surface area contributed by atoms with Crippen LogP contribution in [0.5, 0.6) is 0 Å². The van der Waals surface area contributed by atoms with Gasteiger partial charge in [-0.15, -0.1) is 0 Å². The highest BCUT2D eigenvalue weighted by Gasteiger charge is 2.50. The zero-order valence-corrected chi connectivity index (χ0v) is 11.9. The van der Waals surface area contributed by atoms with E-state index < -0.39 is 11.6 Å². The number of rotatable bonds is 1. The second-order valence-electron chi connectivity index (χ2n) is 6.61. The molecule has 0 bridgehead atoms. The van der Waals surface area contributed by atoms with Crippen molar-refractivity contribution in [3.8, 4) is 0 Å². The zero-order valence-electron chi connectivity index (χ0n) is 11.9. The van der Waals surface area contributed by atoms with E-state index in [9.17, 15) is 13.2 Å². The van der Waals surface area contributed by atoms with Gasteiger partial charge in [0, 0.05) is 0 Å². The third-order valence-corrected chi connectivity index (χ3v) is 5.03. The minimum absolute atomic E-state index is 0.226. The van der Waals surface area contributed by atoms with Crippen molar-refractivity contribution in [1.29, 1.82) is 0 Å². The quantitative estimate of drug-likeness (QED) is 0.552. The van der Waals surface area contributed by atoms with Gasteiger partial charge in [-0.25, -0.2) is 0 Å². The van der Waals surface area contributed by atoms with Crippen molar-refractivity contribution in [2.75, 3.05) is 0 Å². The van der Waals surface area contributed by atoms with Gasteiger partial charge < -0.3 is 0 Å². The minimum atomic E-state index is -4.12. The first kappa shape index (κ1) is 14.7. The molecule has 4 unspecified atom stereocenters. The van der Waals surface area contributed by atoms with Gasteiger partial charge in [0.25, 0.3) is 0 Å². The second-order valence-corrected chi connectivity index (χ2v) is 6.61. The average molecular weight is 272 g/mol. The third kappa shape index (κ3) is 2.90. The van der Waals surface area contributed by atoms with Crippen molar-refractivity contribution < 1.29 is 13.2 Å². The molecule has 0 nitrogen and oxygen atoms in total. The maximum atomic E-state index is 13.0. The first-order chi connectivity index (χ1) is 8.73. The van der Waals surface area contributed by atoms with Gasteiger partial charge in [-0.1, -0.05) is 30.7 Å². The second kappa shape index (κ2) is 4.99. The van der Waals surface area contributed by atoms with Gasteiger partial charge in [-0.3, -0.25) is 0 Å². The summed E-state index contributed by atoms with van der Waals surface area (Å²) in [5.41, 5.74) is -0.229. The van der Waals surface area contributed by atoms with Gasteiger partial charge in [0.05, 0.1) is 5.41 Å². The van der Waals surface area contributed by atoms with Crippen LogP contribution < -0.4 is 0 Å². The monoisotopic (exact) mass is 272 g/mol. The lowest BCUT2D eigenvalue weighted by molar-refractivity contribution is -0.204.